The summed E-state index contributed by atoms with van der Waals surface area (Å²) >= 11 is 17.7. The molecule has 0 radical (unpaired) electrons. The number of hydrogen-bond donors (Lipinski definition) is 1. The lowest BCUT2D eigenvalue weighted by molar-refractivity contribution is -0.135. The minimum atomic E-state index is -0.129. The summed E-state index contributed by atoms with van der Waals surface area (Å²) in [6.07, 6.45) is 1.84. The highest BCUT2D eigenvalue weighted by molar-refractivity contribution is 6.43. The molecule has 0 saturated carbocycles. The van der Waals surface area contributed by atoms with Crippen molar-refractivity contribution in [2.75, 3.05) is 26.3 Å². The molecule has 1 heterocycles. The second kappa shape index (κ2) is 7.54. The maximum Gasteiger partial charge on any atom is 0.260 e. The van der Waals surface area contributed by atoms with E-state index in [2.05, 4.69) is 0 Å². The number of carbonyl (C=O) groups is 1. The van der Waals surface area contributed by atoms with Crippen LogP contribution in [-0.2, 0) is 4.79 Å². The Morgan fingerprint density at radius 1 is 1.29 bits per heavy atom. The van der Waals surface area contributed by atoms with Crippen LogP contribution in [0.1, 0.15) is 12.8 Å². The minimum Gasteiger partial charge on any atom is -0.482 e. The monoisotopic (exact) mass is 351 g/mol. The van der Waals surface area contributed by atoms with Gasteiger partial charge in [-0.15, -0.1) is 0 Å². The Hall–Kier alpha value is -0.680. The average molecular weight is 353 g/mol. The van der Waals surface area contributed by atoms with Gasteiger partial charge in [-0.05, 0) is 24.8 Å². The Kier molecular flexibility index (Phi) is 5.99. The maximum absolute atomic E-state index is 12.1. The molecule has 1 aliphatic heterocycles. The summed E-state index contributed by atoms with van der Waals surface area (Å²) in [4.78, 5) is 13.8. The number of aliphatic hydroxyl groups is 1. The van der Waals surface area contributed by atoms with Crippen LogP contribution in [0.25, 0.3) is 0 Å². The number of likely N-dealkylation sites (tertiary alicyclic amines) is 1. The summed E-state index contributed by atoms with van der Waals surface area (Å²) in [6.45, 7) is 1.24. The summed E-state index contributed by atoms with van der Waals surface area (Å²) < 4.78 is 5.43. The summed E-state index contributed by atoms with van der Waals surface area (Å²) in [7, 11) is 0. The van der Waals surface area contributed by atoms with Crippen LogP contribution in [-0.4, -0.2) is 42.2 Å². The molecule has 0 spiro atoms. The van der Waals surface area contributed by atoms with Crippen LogP contribution in [0.3, 0.4) is 0 Å². The molecule has 116 valence electrons. The number of amides is 1. The molecule has 1 unspecified atom stereocenters. The molecule has 7 heteroatoms. The Bertz CT molecular complexity index is 524. The Morgan fingerprint density at radius 2 is 2.00 bits per heavy atom. The molecule has 2 rings (SSSR count). The molecule has 0 aromatic heterocycles. The van der Waals surface area contributed by atoms with E-state index in [0.29, 0.717) is 33.9 Å². The summed E-state index contributed by atoms with van der Waals surface area (Å²) in [5.74, 6) is 0.349. The lowest BCUT2D eigenvalue weighted by atomic mass is 9.99. The van der Waals surface area contributed by atoms with Crippen LogP contribution in [0.15, 0.2) is 12.1 Å². The SMILES string of the molecule is O=C(COc1cc(Cl)c(Cl)cc1Cl)N1CCCC(CO)C1. The minimum absolute atomic E-state index is 0.100. The van der Waals surface area contributed by atoms with Crippen molar-refractivity contribution in [1.29, 1.82) is 0 Å². The highest BCUT2D eigenvalue weighted by atomic mass is 35.5. The van der Waals surface area contributed by atoms with E-state index < -0.39 is 0 Å². The number of nitrogens with zero attached hydrogens (tertiary/aromatic N) is 1. The van der Waals surface area contributed by atoms with Crippen molar-refractivity contribution in [2.24, 2.45) is 5.92 Å². The van der Waals surface area contributed by atoms with E-state index in [1.165, 1.54) is 12.1 Å². The number of hydrogen-bond acceptors (Lipinski definition) is 3. The van der Waals surface area contributed by atoms with Crippen molar-refractivity contribution in [3.8, 4) is 5.75 Å². The Balaban J connectivity index is 1.93. The smallest absolute Gasteiger partial charge is 0.260 e. The van der Waals surface area contributed by atoms with Crippen molar-refractivity contribution >= 4 is 40.7 Å². The molecule has 0 bridgehead atoms. The fourth-order valence-corrected chi connectivity index (χ4v) is 2.88. The molecule has 1 amide bonds. The lowest BCUT2D eigenvalue weighted by Crippen LogP contribution is -2.43. The zero-order chi connectivity index (χ0) is 15.4. The molecule has 4 nitrogen and oxygen atoms in total. The first-order valence-electron chi connectivity index (χ1n) is 6.67. The van der Waals surface area contributed by atoms with Gasteiger partial charge in [0, 0.05) is 25.8 Å². The van der Waals surface area contributed by atoms with E-state index >= 15 is 0 Å². The maximum atomic E-state index is 12.1. The number of piperidine rings is 1. The van der Waals surface area contributed by atoms with Crippen LogP contribution >= 0.6 is 34.8 Å². The van der Waals surface area contributed by atoms with Gasteiger partial charge in [-0.25, -0.2) is 0 Å². The molecular weight excluding hydrogens is 337 g/mol. The normalized spacial score (nSPS) is 18.7. The molecule has 1 aromatic carbocycles. The van der Waals surface area contributed by atoms with Crippen LogP contribution in [0.2, 0.25) is 15.1 Å². The second-order valence-corrected chi connectivity index (χ2v) is 6.24. The number of halogens is 3. The van der Waals surface area contributed by atoms with Gasteiger partial charge in [0.05, 0.1) is 15.1 Å². The molecule has 1 fully saturated rings. The number of rotatable bonds is 4. The first-order valence-corrected chi connectivity index (χ1v) is 7.80. The van der Waals surface area contributed by atoms with E-state index in [4.69, 9.17) is 39.5 Å². The number of ether oxygens (including phenoxy) is 1. The van der Waals surface area contributed by atoms with Crippen molar-refractivity contribution in [3.05, 3.63) is 27.2 Å². The number of benzene rings is 1. The third kappa shape index (κ3) is 4.39. The molecule has 1 atom stereocenters. The third-order valence-electron chi connectivity index (χ3n) is 3.46. The van der Waals surface area contributed by atoms with Gasteiger partial charge >= 0.3 is 0 Å². The third-order valence-corrected chi connectivity index (χ3v) is 4.47. The van der Waals surface area contributed by atoms with Crippen LogP contribution in [0, 0.1) is 5.92 Å². The van der Waals surface area contributed by atoms with Crippen molar-refractivity contribution in [1.82, 2.24) is 4.90 Å². The van der Waals surface area contributed by atoms with Gasteiger partial charge in [-0.3, -0.25) is 4.79 Å². The van der Waals surface area contributed by atoms with Gasteiger partial charge in [0.15, 0.2) is 6.61 Å². The van der Waals surface area contributed by atoms with Gasteiger partial charge in [0.2, 0.25) is 0 Å². The van der Waals surface area contributed by atoms with E-state index in [1.54, 1.807) is 4.90 Å². The molecule has 1 saturated heterocycles. The van der Waals surface area contributed by atoms with Crippen LogP contribution < -0.4 is 4.74 Å². The topological polar surface area (TPSA) is 49.8 Å². The summed E-state index contributed by atoms with van der Waals surface area (Å²) in [5, 5.41) is 10.1. The van der Waals surface area contributed by atoms with E-state index in [1.807, 2.05) is 0 Å². The largest absolute Gasteiger partial charge is 0.482 e. The predicted molar refractivity (Wildman–Crippen MR) is 83.4 cm³/mol. The van der Waals surface area contributed by atoms with Crippen molar-refractivity contribution < 1.29 is 14.6 Å². The molecule has 1 aromatic rings. The first-order chi connectivity index (χ1) is 10.0. The highest BCUT2D eigenvalue weighted by Gasteiger charge is 2.23. The summed E-state index contributed by atoms with van der Waals surface area (Å²) in [6, 6.07) is 2.97. The number of carbonyl (C=O) groups excluding carboxylic acids is 1. The Morgan fingerprint density at radius 3 is 2.71 bits per heavy atom. The van der Waals surface area contributed by atoms with Gasteiger partial charge in [0.25, 0.3) is 5.91 Å². The summed E-state index contributed by atoms with van der Waals surface area (Å²) in [5.41, 5.74) is 0. The average Bonchev–Trinajstić information content (AvgIpc) is 2.49. The molecular formula is C14H16Cl3NO3. The van der Waals surface area contributed by atoms with Gasteiger partial charge < -0.3 is 14.7 Å². The number of aliphatic hydroxyl groups excluding tert-OH is 1. The van der Waals surface area contributed by atoms with Gasteiger partial charge in [-0.1, -0.05) is 34.8 Å². The predicted octanol–water partition coefficient (Wildman–Crippen LogP) is 3.26. The zero-order valence-electron chi connectivity index (χ0n) is 11.3. The van der Waals surface area contributed by atoms with Crippen molar-refractivity contribution in [3.63, 3.8) is 0 Å². The molecule has 1 aliphatic rings. The standard InChI is InChI=1S/C14H16Cl3NO3/c15-10-4-12(17)13(5-11(10)16)21-8-14(20)18-3-1-2-9(6-18)7-19/h4-5,9,19H,1-3,6-8H2. The van der Waals surface area contributed by atoms with Crippen molar-refractivity contribution in [2.45, 2.75) is 12.8 Å². The lowest BCUT2D eigenvalue weighted by Gasteiger charge is -2.31. The quantitative estimate of drug-likeness (QED) is 0.846. The molecule has 1 N–H and O–H groups in total. The van der Waals surface area contributed by atoms with E-state index in [9.17, 15) is 9.90 Å². The second-order valence-electron chi connectivity index (χ2n) is 5.02. The van der Waals surface area contributed by atoms with Gasteiger partial charge in [0.1, 0.15) is 5.75 Å². The van der Waals surface area contributed by atoms with E-state index in [0.717, 1.165) is 12.8 Å². The van der Waals surface area contributed by atoms with Crippen LogP contribution in [0.4, 0.5) is 0 Å². The fourth-order valence-electron chi connectivity index (χ4n) is 2.29. The fraction of sp³-hybridized carbons (Fsp3) is 0.500. The van der Waals surface area contributed by atoms with Gasteiger partial charge in [-0.2, -0.15) is 0 Å². The molecule has 21 heavy (non-hydrogen) atoms. The highest BCUT2D eigenvalue weighted by Crippen LogP contribution is 2.33. The zero-order valence-corrected chi connectivity index (χ0v) is 13.6. The Labute approximate surface area is 138 Å². The van der Waals surface area contributed by atoms with Crippen LogP contribution in [0.5, 0.6) is 5.75 Å². The van der Waals surface area contributed by atoms with E-state index in [-0.39, 0.29) is 25.0 Å². The molecule has 0 aliphatic carbocycles. The first kappa shape index (κ1) is 16.7.